The maximum atomic E-state index is 11.8. The maximum Gasteiger partial charge on any atom is 0.226 e. The van der Waals surface area contributed by atoms with E-state index < -0.39 is 0 Å². The molecule has 1 aromatic carbocycles. The van der Waals surface area contributed by atoms with Crippen molar-refractivity contribution in [3.05, 3.63) is 29.8 Å². The monoisotopic (exact) mass is 529 g/mol. The zero-order valence-electron chi connectivity index (χ0n) is 19.3. The molecule has 1 amide bonds. The molecule has 0 aromatic heterocycles. The third-order valence-electron chi connectivity index (χ3n) is 5.41. The van der Waals surface area contributed by atoms with Gasteiger partial charge in [0.05, 0.1) is 6.54 Å². The first kappa shape index (κ1) is 26.7. The highest BCUT2D eigenvalue weighted by molar-refractivity contribution is 14.0. The van der Waals surface area contributed by atoms with Crippen LogP contribution in [0.3, 0.4) is 0 Å². The van der Waals surface area contributed by atoms with Crippen LogP contribution in [0.2, 0.25) is 0 Å². The van der Waals surface area contributed by atoms with Crippen molar-refractivity contribution in [2.75, 3.05) is 31.5 Å². The van der Waals surface area contributed by atoms with Gasteiger partial charge < -0.3 is 16.0 Å². The summed E-state index contributed by atoms with van der Waals surface area (Å²) in [7, 11) is 0. The molecule has 6 nitrogen and oxygen atoms in total. The van der Waals surface area contributed by atoms with Crippen LogP contribution in [0.25, 0.3) is 0 Å². The molecule has 1 aliphatic heterocycles. The maximum absolute atomic E-state index is 11.8. The lowest BCUT2D eigenvalue weighted by molar-refractivity contribution is -0.118. The largest absolute Gasteiger partial charge is 0.357 e. The van der Waals surface area contributed by atoms with Gasteiger partial charge in [-0.15, -0.1) is 24.0 Å². The molecule has 0 saturated carbocycles. The number of benzene rings is 1. The first-order valence-electron chi connectivity index (χ1n) is 11.0. The van der Waals surface area contributed by atoms with E-state index >= 15 is 0 Å². The fourth-order valence-corrected chi connectivity index (χ4v) is 3.40. The van der Waals surface area contributed by atoms with Gasteiger partial charge in [0.1, 0.15) is 0 Å². The number of aliphatic imine (C=N–C) groups is 1. The number of guanidine groups is 1. The van der Waals surface area contributed by atoms with Gasteiger partial charge in [-0.2, -0.15) is 0 Å². The van der Waals surface area contributed by atoms with Gasteiger partial charge in [-0.3, -0.25) is 9.69 Å². The van der Waals surface area contributed by atoms with E-state index in [0.29, 0.717) is 6.54 Å². The SMILES string of the molecule is CCNC(=NCc1ccc(NC(=O)C(C)C)cc1)NCC(C)(C)N1CCCCC1.I. The van der Waals surface area contributed by atoms with Crippen molar-refractivity contribution in [3.63, 3.8) is 0 Å². The fourth-order valence-electron chi connectivity index (χ4n) is 3.40. The molecular weight excluding hydrogens is 489 g/mol. The molecular formula is C23H40IN5O. The molecule has 3 N–H and O–H groups in total. The molecule has 1 fully saturated rings. The average Bonchev–Trinajstić information content (AvgIpc) is 2.71. The summed E-state index contributed by atoms with van der Waals surface area (Å²) < 4.78 is 0. The van der Waals surface area contributed by atoms with Crippen LogP contribution in [0.4, 0.5) is 5.69 Å². The van der Waals surface area contributed by atoms with Crippen molar-refractivity contribution < 1.29 is 4.79 Å². The zero-order chi connectivity index (χ0) is 21.3. The molecule has 7 heteroatoms. The number of likely N-dealkylation sites (tertiary alicyclic amines) is 1. The number of hydrogen-bond acceptors (Lipinski definition) is 3. The van der Waals surface area contributed by atoms with Crippen LogP contribution in [0.1, 0.15) is 59.4 Å². The van der Waals surface area contributed by atoms with Crippen LogP contribution in [0, 0.1) is 5.92 Å². The Balaban J connectivity index is 0.00000450. The lowest BCUT2D eigenvalue weighted by Crippen LogP contribution is -2.54. The van der Waals surface area contributed by atoms with Crippen LogP contribution in [-0.2, 0) is 11.3 Å². The minimum atomic E-state index is -0.0257. The predicted octanol–water partition coefficient (Wildman–Crippen LogP) is 4.22. The smallest absolute Gasteiger partial charge is 0.226 e. The number of hydrogen-bond donors (Lipinski definition) is 3. The Morgan fingerprint density at radius 3 is 2.30 bits per heavy atom. The topological polar surface area (TPSA) is 68.8 Å². The summed E-state index contributed by atoms with van der Waals surface area (Å²) in [5.41, 5.74) is 2.04. The molecule has 1 aromatic rings. The summed E-state index contributed by atoms with van der Waals surface area (Å²) in [6, 6.07) is 7.90. The molecule has 0 radical (unpaired) electrons. The van der Waals surface area contributed by atoms with E-state index in [1.165, 1.54) is 32.4 Å². The van der Waals surface area contributed by atoms with E-state index in [1.54, 1.807) is 0 Å². The van der Waals surface area contributed by atoms with E-state index in [1.807, 2.05) is 38.1 Å². The van der Waals surface area contributed by atoms with Gasteiger partial charge in [-0.1, -0.05) is 32.4 Å². The van der Waals surface area contributed by atoms with Crippen molar-refractivity contribution in [2.24, 2.45) is 10.9 Å². The summed E-state index contributed by atoms with van der Waals surface area (Å²) in [6.45, 7) is 15.1. The molecule has 0 atom stereocenters. The van der Waals surface area contributed by atoms with Gasteiger partial charge >= 0.3 is 0 Å². The molecule has 0 unspecified atom stereocenters. The van der Waals surface area contributed by atoms with Gasteiger partial charge in [0.25, 0.3) is 0 Å². The average molecular weight is 530 g/mol. The third-order valence-corrected chi connectivity index (χ3v) is 5.41. The molecule has 0 aliphatic carbocycles. The standard InChI is InChI=1S/C23H39N5O.HI/c1-6-24-22(26-17-23(4,5)28-14-8-7-9-15-28)25-16-19-10-12-20(13-11-19)27-21(29)18(2)3;/h10-13,18H,6-9,14-17H2,1-5H3,(H,27,29)(H2,24,25,26);1H. The van der Waals surface area contributed by atoms with Crippen molar-refractivity contribution >= 4 is 41.5 Å². The number of carbonyl (C=O) groups excluding carboxylic acids is 1. The van der Waals surface area contributed by atoms with Crippen LogP contribution in [0.15, 0.2) is 29.3 Å². The number of nitrogens with one attached hydrogen (secondary N) is 3. The van der Waals surface area contributed by atoms with Gasteiger partial charge in [0.15, 0.2) is 5.96 Å². The predicted molar refractivity (Wildman–Crippen MR) is 138 cm³/mol. The van der Waals surface area contributed by atoms with Crippen molar-refractivity contribution in [1.29, 1.82) is 0 Å². The third kappa shape index (κ3) is 8.79. The van der Waals surface area contributed by atoms with E-state index in [2.05, 4.69) is 41.6 Å². The molecule has 170 valence electrons. The van der Waals surface area contributed by atoms with Crippen LogP contribution < -0.4 is 16.0 Å². The minimum Gasteiger partial charge on any atom is -0.357 e. The molecule has 1 aliphatic rings. The lowest BCUT2D eigenvalue weighted by Gasteiger charge is -2.41. The van der Waals surface area contributed by atoms with E-state index in [0.717, 1.165) is 30.3 Å². The highest BCUT2D eigenvalue weighted by atomic mass is 127. The van der Waals surface area contributed by atoms with Crippen LogP contribution in [0.5, 0.6) is 0 Å². The lowest BCUT2D eigenvalue weighted by atomic mass is 9.98. The highest BCUT2D eigenvalue weighted by Gasteiger charge is 2.27. The van der Waals surface area contributed by atoms with Gasteiger partial charge in [0, 0.05) is 30.2 Å². The second-order valence-electron chi connectivity index (χ2n) is 8.75. The summed E-state index contributed by atoms with van der Waals surface area (Å²) in [4.78, 5) is 19.1. The first-order valence-corrected chi connectivity index (χ1v) is 11.0. The Hall–Kier alpha value is -1.35. The molecule has 1 saturated heterocycles. The number of rotatable bonds is 8. The van der Waals surface area contributed by atoms with Crippen molar-refractivity contribution in [2.45, 2.75) is 66.0 Å². The fraction of sp³-hybridized carbons (Fsp3) is 0.652. The number of amides is 1. The molecule has 0 spiro atoms. The number of nitrogens with zero attached hydrogens (tertiary/aromatic N) is 2. The van der Waals surface area contributed by atoms with Crippen LogP contribution >= 0.6 is 24.0 Å². The first-order chi connectivity index (χ1) is 13.8. The van der Waals surface area contributed by atoms with E-state index in [9.17, 15) is 4.79 Å². The molecule has 2 rings (SSSR count). The highest BCUT2D eigenvalue weighted by Crippen LogP contribution is 2.19. The molecule has 0 bridgehead atoms. The second-order valence-corrected chi connectivity index (χ2v) is 8.75. The van der Waals surface area contributed by atoms with Crippen LogP contribution in [-0.4, -0.2) is 48.5 Å². The molecule has 1 heterocycles. The van der Waals surface area contributed by atoms with Crippen molar-refractivity contribution in [3.8, 4) is 0 Å². The summed E-state index contributed by atoms with van der Waals surface area (Å²) in [5, 5.41) is 9.78. The Morgan fingerprint density at radius 2 is 1.73 bits per heavy atom. The number of piperidine rings is 1. The minimum absolute atomic E-state index is 0. The Morgan fingerprint density at radius 1 is 1.10 bits per heavy atom. The van der Waals surface area contributed by atoms with Crippen molar-refractivity contribution in [1.82, 2.24) is 15.5 Å². The number of halogens is 1. The Bertz CT molecular complexity index is 667. The van der Waals surface area contributed by atoms with E-state index in [-0.39, 0.29) is 41.3 Å². The second kappa shape index (κ2) is 13.1. The van der Waals surface area contributed by atoms with E-state index in [4.69, 9.17) is 4.99 Å². The summed E-state index contributed by atoms with van der Waals surface area (Å²) >= 11 is 0. The zero-order valence-corrected chi connectivity index (χ0v) is 21.6. The number of carbonyl (C=O) groups is 1. The number of anilines is 1. The normalized spacial score (nSPS) is 15.5. The summed E-state index contributed by atoms with van der Waals surface area (Å²) in [6.07, 6.45) is 3.94. The van der Waals surface area contributed by atoms with Gasteiger partial charge in [0.2, 0.25) is 5.91 Å². The quantitative estimate of drug-likeness (QED) is 0.268. The molecule has 30 heavy (non-hydrogen) atoms. The Kier molecular flexibility index (Phi) is 11.7. The van der Waals surface area contributed by atoms with Gasteiger partial charge in [-0.25, -0.2) is 4.99 Å². The van der Waals surface area contributed by atoms with Gasteiger partial charge in [-0.05, 0) is 64.4 Å². The Labute approximate surface area is 199 Å². The summed E-state index contributed by atoms with van der Waals surface area (Å²) in [5.74, 6) is 0.850.